The van der Waals surface area contributed by atoms with E-state index in [0.29, 0.717) is 12.2 Å². The van der Waals surface area contributed by atoms with Gasteiger partial charge in [-0.05, 0) is 64.2 Å². The molecule has 2 unspecified atom stereocenters. The van der Waals surface area contributed by atoms with Crippen LogP contribution in [0.1, 0.15) is 90.0 Å². The van der Waals surface area contributed by atoms with Gasteiger partial charge in [-0.2, -0.15) is 0 Å². The summed E-state index contributed by atoms with van der Waals surface area (Å²) in [4.78, 5) is 42.6. The van der Waals surface area contributed by atoms with E-state index in [2.05, 4.69) is 17.6 Å². The van der Waals surface area contributed by atoms with Crippen LogP contribution in [0.4, 0.5) is 10.5 Å². The first-order valence-electron chi connectivity index (χ1n) is 14.1. The van der Waals surface area contributed by atoms with Gasteiger partial charge in [0.15, 0.2) is 0 Å². The van der Waals surface area contributed by atoms with E-state index in [1.54, 1.807) is 25.7 Å². The molecular weight excluding hydrogens is 490 g/mol. The van der Waals surface area contributed by atoms with Gasteiger partial charge in [-0.15, -0.1) is 0 Å². The van der Waals surface area contributed by atoms with Gasteiger partial charge in [0, 0.05) is 12.2 Å². The van der Waals surface area contributed by atoms with Crippen molar-refractivity contribution in [2.45, 2.75) is 98.8 Å². The molecule has 0 bridgehead atoms. The molecule has 2 aromatic rings. The predicted octanol–water partition coefficient (Wildman–Crippen LogP) is 6.94. The predicted molar refractivity (Wildman–Crippen MR) is 158 cm³/mol. The molecule has 3 amide bonds. The smallest absolute Gasteiger partial charge is 0.408 e. The Morgan fingerprint density at radius 3 is 2.23 bits per heavy atom. The lowest BCUT2D eigenvalue weighted by molar-refractivity contribution is -0.141. The van der Waals surface area contributed by atoms with Gasteiger partial charge in [0.2, 0.25) is 5.91 Å². The van der Waals surface area contributed by atoms with Gasteiger partial charge in [0.25, 0.3) is 5.91 Å². The van der Waals surface area contributed by atoms with Crippen LogP contribution >= 0.6 is 0 Å². The van der Waals surface area contributed by atoms with Crippen molar-refractivity contribution in [2.24, 2.45) is 5.92 Å². The SMILES string of the molecule is CCCCCCN(C(=O)C(NC(=O)OC(C)(C)C)C(C)C)C(C(=O)Nc1ccccc1C)c1cccc(C)c1. The molecule has 0 fully saturated rings. The Bertz CT molecular complexity index is 1110. The molecule has 2 N–H and O–H groups in total. The summed E-state index contributed by atoms with van der Waals surface area (Å²) in [6, 6.07) is 13.5. The summed E-state index contributed by atoms with van der Waals surface area (Å²) in [5, 5.41) is 5.85. The zero-order valence-electron chi connectivity index (χ0n) is 25.0. The summed E-state index contributed by atoms with van der Waals surface area (Å²) in [7, 11) is 0. The van der Waals surface area contributed by atoms with Crippen LogP contribution < -0.4 is 10.6 Å². The number of nitrogens with zero attached hydrogens (tertiary/aromatic N) is 1. The van der Waals surface area contributed by atoms with Crippen LogP contribution in [0.25, 0.3) is 0 Å². The molecule has 7 heteroatoms. The Morgan fingerprint density at radius 1 is 0.949 bits per heavy atom. The molecule has 2 aromatic carbocycles. The summed E-state index contributed by atoms with van der Waals surface area (Å²) >= 11 is 0. The van der Waals surface area contributed by atoms with Crippen molar-refractivity contribution in [1.29, 1.82) is 0 Å². The van der Waals surface area contributed by atoms with Crippen molar-refractivity contribution >= 4 is 23.6 Å². The van der Waals surface area contributed by atoms with Gasteiger partial charge in [-0.25, -0.2) is 4.79 Å². The number of para-hydroxylation sites is 1. The van der Waals surface area contributed by atoms with Crippen molar-refractivity contribution in [3.05, 3.63) is 65.2 Å². The Labute approximate surface area is 234 Å². The van der Waals surface area contributed by atoms with Crippen LogP contribution in [0, 0.1) is 19.8 Å². The molecule has 0 radical (unpaired) electrons. The number of amides is 3. The lowest BCUT2D eigenvalue weighted by Gasteiger charge is -2.36. The number of alkyl carbamates (subject to hydrolysis) is 1. The van der Waals surface area contributed by atoms with E-state index in [-0.39, 0.29) is 17.7 Å². The summed E-state index contributed by atoms with van der Waals surface area (Å²) in [5.41, 5.74) is 2.65. The fourth-order valence-electron chi connectivity index (χ4n) is 4.43. The van der Waals surface area contributed by atoms with E-state index in [1.807, 2.05) is 76.2 Å². The number of unbranched alkanes of at least 4 members (excludes halogenated alkanes) is 3. The van der Waals surface area contributed by atoms with Crippen molar-refractivity contribution in [3.63, 3.8) is 0 Å². The second-order valence-electron chi connectivity index (χ2n) is 11.6. The third-order valence-corrected chi connectivity index (χ3v) is 6.46. The molecule has 0 heterocycles. The first kappa shape index (κ1) is 31.9. The van der Waals surface area contributed by atoms with Crippen molar-refractivity contribution < 1.29 is 19.1 Å². The standard InChI is InChI=1S/C32H47N3O4/c1-9-10-11-14-20-35(30(37)27(22(2)3)34-31(38)39-32(6,7)8)28(25-18-15-16-23(4)21-25)29(36)33-26-19-13-12-17-24(26)5/h12-13,15-19,21-22,27-28H,9-11,14,20H2,1-8H3,(H,33,36)(H,34,38). The fraction of sp³-hybridized carbons (Fsp3) is 0.531. The number of aryl methyl sites for hydroxylation is 2. The minimum Gasteiger partial charge on any atom is -0.444 e. The monoisotopic (exact) mass is 537 g/mol. The maximum Gasteiger partial charge on any atom is 0.408 e. The molecule has 0 spiro atoms. The zero-order valence-corrected chi connectivity index (χ0v) is 25.0. The van der Waals surface area contributed by atoms with Crippen LogP contribution in [-0.2, 0) is 14.3 Å². The third-order valence-electron chi connectivity index (χ3n) is 6.46. The molecule has 214 valence electrons. The Hall–Kier alpha value is -3.35. The second kappa shape index (κ2) is 14.7. The molecule has 0 aromatic heterocycles. The lowest BCUT2D eigenvalue weighted by atomic mass is 9.97. The lowest BCUT2D eigenvalue weighted by Crippen LogP contribution is -2.54. The largest absolute Gasteiger partial charge is 0.444 e. The molecule has 0 saturated heterocycles. The number of ether oxygens (including phenoxy) is 1. The minimum absolute atomic E-state index is 0.222. The molecule has 2 rings (SSSR count). The maximum absolute atomic E-state index is 14.2. The highest BCUT2D eigenvalue weighted by Gasteiger charge is 2.37. The Kier molecular flexibility index (Phi) is 12.0. The Balaban J connectivity index is 2.53. The Morgan fingerprint density at radius 2 is 1.64 bits per heavy atom. The molecular formula is C32H47N3O4. The number of benzene rings is 2. The maximum atomic E-state index is 14.2. The summed E-state index contributed by atoms with van der Waals surface area (Å²) in [5.74, 6) is -0.821. The topological polar surface area (TPSA) is 87.7 Å². The van der Waals surface area contributed by atoms with Gasteiger partial charge in [0.1, 0.15) is 17.7 Å². The summed E-state index contributed by atoms with van der Waals surface area (Å²) in [6.45, 7) is 15.5. The average Bonchev–Trinajstić information content (AvgIpc) is 2.84. The van der Waals surface area contributed by atoms with Crippen LogP contribution in [0.5, 0.6) is 0 Å². The third kappa shape index (κ3) is 10.0. The van der Waals surface area contributed by atoms with E-state index >= 15 is 0 Å². The summed E-state index contributed by atoms with van der Waals surface area (Å²) in [6.07, 6.45) is 3.12. The van der Waals surface area contributed by atoms with Gasteiger partial charge < -0.3 is 20.3 Å². The first-order valence-corrected chi connectivity index (χ1v) is 14.1. The number of rotatable bonds is 12. The van der Waals surface area contributed by atoms with E-state index in [0.717, 1.165) is 42.4 Å². The van der Waals surface area contributed by atoms with Crippen molar-refractivity contribution in [3.8, 4) is 0 Å². The molecule has 2 atom stereocenters. The van der Waals surface area contributed by atoms with Gasteiger partial charge in [-0.3, -0.25) is 9.59 Å². The highest BCUT2D eigenvalue weighted by molar-refractivity contribution is 5.99. The first-order chi connectivity index (χ1) is 18.3. The number of hydrogen-bond acceptors (Lipinski definition) is 4. The van der Waals surface area contributed by atoms with Crippen LogP contribution in [0.3, 0.4) is 0 Å². The van der Waals surface area contributed by atoms with Crippen LogP contribution in [0.2, 0.25) is 0 Å². The average molecular weight is 538 g/mol. The minimum atomic E-state index is -0.875. The van der Waals surface area contributed by atoms with Crippen molar-refractivity contribution in [2.75, 3.05) is 11.9 Å². The number of anilines is 1. The van der Waals surface area contributed by atoms with Gasteiger partial charge in [-0.1, -0.05) is 88.1 Å². The summed E-state index contributed by atoms with van der Waals surface area (Å²) < 4.78 is 5.46. The molecule has 39 heavy (non-hydrogen) atoms. The van der Waals surface area contributed by atoms with Crippen LogP contribution in [-0.4, -0.2) is 41.0 Å². The normalized spacial score (nSPS) is 12.9. The molecule has 0 aliphatic heterocycles. The van der Waals surface area contributed by atoms with Crippen molar-refractivity contribution in [1.82, 2.24) is 10.2 Å². The van der Waals surface area contributed by atoms with E-state index < -0.39 is 23.8 Å². The highest BCUT2D eigenvalue weighted by atomic mass is 16.6. The zero-order chi connectivity index (χ0) is 29.2. The van der Waals surface area contributed by atoms with Gasteiger partial charge >= 0.3 is 6.09 Å². The number of nitrogens with one attached hydrogen (secondary N) is 2. The highest BCUT2D eigenvalue weighted by Crippen LogP contribution is 2.27. The molecule has 0 aliphatic carbocycles. The van der Waals surface area contributed by atoms with E-state index in [4.69, 9.17) is 4.74 Å². The fourth-order valence-corrected chi connectivity index (χ4v) is 4.43. The van der Waals surface area contributed by atoms with E-state index in [9.17, 15) is 14.4 Å². The quantitative estimate of drug-likeness (QED) is 0.287. The van der Waals surface area contributed by atoms with Crippen LogP contribution in [0.15, 0.2) is 48.5 Å². The molecule has 0 aliphatic rings. The molecule has 0 saturated carbocycles. The molecule has 7 nitrogen and oxygen atoms in total. The number of carbonyl (C=O) groups excluding carboxylic acids is 3. The van der Waals surface area contributed by atoms with E-state index in [1.165, 1.54) is 0 Å². The second-order valence-corrected chi connectivity index (χ2v) is 11.6. The number of carbonyl (C=O) groups is 3. The van der Waals surface area contributed by atoms with Gasteiger partial charge in [0.05, 0.1) is 0 Å². The number of hydrogen-bond donors (Lipinski definition) is 2.